The van der Waals surface area contributed by atoms with E-state index in [9.17, 15) is 9.59 Å². The Labute approximate surface area is 158 Å². The van der Waals surface area contributed by atoms with Gasteiger partial charge in [-0.05, 0) is 37.0 Å². The largest absolute Gasteiger partial charge is 0.480 e. The third kappa shape index (κ3) is 3.27. The minimum Gasteiger partial charge on any atom is -0.480 e. The molecule has 1 spiro atoms. The molecule has 140 valence electrons. The van der Waals surface area contributed by atoms with Crippen molar-refractivity contribution in [2.45, 2.75) is 30.7 Å². The molecule has 0 saturated carbocycles. The van der Waals surface area contributed by atoms with Crippen LogP contribution in [0.1, 0.15) is 41.1 Å². The lowest BCUT2D eigenvalue weighted by molar-refractivity contribution is -0.121. The van der Waals surface area contributed by atoms with E-state index in [2.05, 4.69) is 10.3 Å². The zero-order valence-corrected chi connectivity index (χ0v) is 15.4. The first-order chi connectivity index (χ1) is 13.1. The maximum absolute atomic E-state index is 12.9. The lowest BCUT2D eigenvalue weighted by Crippen LogP contribution is -2.52. The normalized spacial score (nSPS) is 21.1. The third-order valence-corrected chi connectivity index (χ3v) is 5.70. The molecule has 2 aliphatic rings. The molecule has 2 aliphatic heterocycles. The summed E-state index contributed by atoms with van der Waals surface area (Å²) in [5, 5.41) is 3.23. The molecule has 2 saturated heterocycles. The maximum Gasteiger partial charge on any atom is 0.259 e. The monoisotopic (exact) mass is 365 g/mol. The van der Waals surface area contributed by atoms with E-state index in [1.165, 1.54) is 7.11 Å². The van der Waals surface area contributed by atoms with Crippen molar-refractivity contribution in [2.24, 2.45) is 0 Å². The maximum atomic E-state index is 12.9. The van der Waals surface area contributed by atoms with Gasteiger partial charge in [0.25, 0.3) is 5.91 Å². The predicted octanol–water partition coefficient (Wildman–Crippen LogP) is 2.37. The highest BCUT2D eigenvalue weighted by Gasteiger charge is 2.46. The van der Waals surface area contributed by atoms with Crippen molar-refractivity contribution in [3.8, 4) is 5.88 Å². The van der Waals surface area contributed by atoms with Gasteiger partial charge in [-0.15, -0.1) is 0 Å². The first-order valence-electron chi connectivity index (χ1n) is 9.27. The molecule has 0 unspecified atom stereocenters. The molecule has 1 atom stereocenters. The van der Waals surface area contributed by atoms with Gasteiger partial charge in [-0.1, -0.05) is 30.3 Å². The van der Waals surface area contributed by atoms with Crippen LogP contribution in [0.3, 0.4) is 0 Å². The van der Waals surface area contributed by atoms with Crippen molar-refractivity contribution in [3.63, 3.8) is 0 Å². The molecule has 2 aromatic rings. The standard InChI is InChI=1S/C21H23N3O3/c1-27-19-16(8-5-11-22-19)20(26)24-12-9-21(10-13-24)14-17(18(25)23-21)15-6-3-2-4-7-15/h2-8,11,17H,9-10,12-14H2,1H3,(H,23,25)/t17-/m0/s1. The van der Waals surface area contributed by atoms with E-state index in [4.69, 9.17) is 4.74 Å². The quantitative estimate of drug-likeness (QED) is 0.906. The first-order valence-corrected chi connectivity index (χ1v) is 9.27. The number of piperidine rings is 1. The van der Waals surface area contributed by atoms with Gasteiger partial charge in [0.05, 0.1) is 13.0 Å². The fourth-order valence-corrected chi connectivity index (χ4v) is 4.19. The van der Waals surface area contributed by atoms with E-state index in [1.54, 1.807) is 18.3 Å². The number of hydrogen-bond donors (Lipinski definition) is 1. The fourth-order valence-electron chi connectivity index (χ4n) is 4.19. The van der Waals surface area contributed by atoms with E-state index >= 15 is 0 Å². The summed E-state index contributed by atoms with van der Waals surface area (Å²) >= 11 is 0. The van der Waals surface area contributed by atoms with Gasteiger partial charge in [0.2, 0.25) is 11.8 Å². The molecular formula is C21H23N3O3. The SMILES string of the molecule is COc1ncccc1C(=O)N1CCC2(CC1)C[C@@H](c1ccccc1)C(=O)N2. The minimum absolute atomic E-state index is 0.0706. The Kier molecular flexibility index (Phi) is 4.56. The Morgan fingerprint density at radius 3 is 2.63 bits per heavy atom. The predicted molar refractivity (Wildman–Crippen MR) is 101 cm³/mol. The van der Waals surface area contributed by atoms with Crippen LogP contribution < -0.4 is 10.1 Å². The highest BCUT2D eigenvalue weighted by atomic mass is 16.5. The Morgan fingerprint density at radius 2 is 1.93 bits per heavy atom. The number of benzene rings is 1. The summed E-state index contributed by atoms with van der Waals surface area (Å²) < 4.78 is 5.21. The van der Waals surface area contributed by atoms with Crippen molar-refractivity contribution in [1.82, 2.24) is 15.2 Å². The molecular weight excluding hydrogens is 342 g/mol. The van der Waals surface area contributed by atoms with E-state index in [0.717, 1.165) is 24.8 Å². The van der Waals surface area contributed by atoms with Crippen molar-refractivity contribution in [1.29, 1.82) is 0 Å². The van der Waals surface area contributed by atoms with Crippen LogP contribution in [0.5, 0.6) is 5.88 Å². The number of ether oxygens (including phenoxy) is 1. The van der Waals surface area contributed by atoms with Crippen LogP contribution in [0.25, 0.3) is 0 Å². The average Bonchev–Trinajstić information content (AvgIpc) is 3.04. The van der Waals surface area contributed by atoms with Crippen LogP contribution in [0.15, 0.2) is 48.7 Å². The molecule has 0 radical (unpaired) electrons. The van der Waals surface area contributed by atoms with Gasteiger partial charge >= 0.3 is 0 Å². The minimum atomic E-state index is -0.215. The van der Waals surface area contributed by atoms with Gasteiger partial charge in [-0.3, -0.25) is 9.59 Å². The lowest BCUT2D eigenvalue weighted by atomic mass is 9.82. The molecule has 3 heterocycles. The number of carbonyl (C=O) groups is 2. The van der Waals surface area contributed by atoms with Gasteiger partial charge in [0.15, 0.2) is 0 Å². The summed E-state index contributed by atoms with van der Waals surface area (Å²) in [4.78, 5) is 31.3. The van der Waals surface area contributed by atoms with Crippen LogP contribution in [-0.4, -0.2) is 47.4 Å². The smallest absolute Gasteiger partial charge is 0.259 e. The van der Waals surface area contributed by atoms with Crippen molar-refractivity contribution >= 4 is 11.8 Å². The number of amides is 2. The molecule has 0 bridgehead atoms. The van der Waals surface area contributed by atoms with Crippen LogP contribution in [0, 0.1) is 0 Å². The molecule has 0 aliphatic carbocycles. The Bertz CT molecular complexity index is 845. The molecule has 27 heavy (non-hydrogen) atoms. The highest BCUT2D eigenvalue weighted by Crippen LogP contribution is 2.39. The number of nitrogens with one attached hydrogen (secondary N) is 1. The van der Waals surface area contributed by atoms with Gasteiger partial charge < -0.3 is 15.0 Å². The second kappa shape index (κ2) is 7.02. The number of hydrogen-bond acceptors (Lipinski definition) is 4. The van der Waals surface area contributed by atoms with Crippen LogP contribution in [-0.2, 0) is 4.79 Å². The van der Waals surface area contributed by atoms with Crippen molar-refractivity contribution in [2.75, 3.05) is 20.2 Å². The summed E-state index contributed by atoms with van der Waals surface area (Å²) in [5.41, 5.74) is 1.33. The van der Waals surface area contributed by atoms with Gasteiger partial charge in [-0.2, -0.15) is 0 Å². The molecule has 6 heteroatoms. The average molecular weight is 365 g/mol. The van der Waals surface area contributed by atoms with E-state index in [-0.39, 0.29) is 23.3 Å². The van der Waals surface area contributed by atoms with E-state index in [1.807, 2.05) is 35.2 Å². The van der Waals surface area contributed by atoms with Gasteiger partial charge in [0.1, 0.15) is 5.56 Å². The molecule has 4 rings (SSSR count). The number of nitrogens with zero attached hydrogens (tertiary/aromatic N) is 2. The lowest BCUT2D eigenvalue weighted by Gasteiger charge is -2.39. The summed E-state index contributed by atoms with van der Waals surface area (Å²) in [6.45, 7) is 1.22. The fraction of sp³-hybridized carbons (Fsp3) is 0.381. The second-order valence-electron chi connectivity index (χ2n) is 7.29. The molecule has 2 amide bonds. The summed E-state index contributed by atoms with van der Waals surface area (Å²) in [6.07, 6.45) is 3.92. The zero-order valence-electron chi connectivity index (χ0n) is 15.4. The number of rotatable bonds is 3. The van der Waals surface area contributed by atoms with Crippen molar-refractivity contribution < 1.29 is 14.3 Å². The van der Waals surface area contributed by atoms with Crippen molar-refractivity contribution in [3.05, 3.63) is 59.8 Å². The summed E-state index contributed by atoms with van der Waals surface area (Å²) in [5.74, 6) is 0.265. The van der Waals surface area contributed by atoms with E-state index in [0.29, 0.717) is 24.5 Å². The first kappa shape index (κ1) is 17.5. The van der Waals surface area contributed by atoms with E-state index < -0.39 is 0 Å². The van der Waals surface area contributed by atoms with Gasteiger partial charge in [0, 0.05) is 24.8 Å². The number of pyridine rings is 1. The molecule has 6 nitrogen and oxygen atoms in total. The van der Waals surface area contributed by atoms with Crippen LogP contribution in [0.4, 0.5) is 0 Å². The zero-order chi connectivity index (χ0) is 18.9. The number of carbonyl (C=O) groups excluding carboxylic acids is 2. The summed E-state index contributed by atoms with van der Waals surface area (Å²) in [7, 11) is 1.52. The molecule has 1 aromatic carbocycles. The van der Waals surface area contributed by atoms with Crippen LogP contribution >= 0.6 is 0 Å². The number of likely N-dealkylation sites (tertiary alicyclic amines) is 1. The molecule has 1 aromatic heterocycles. The topological polar surface area (TPSA) is 71.5 Å². The Balaban J connectivity index is 1.45. The number of aromatic nitrogens is 1. The molecule has 1 N–H and O–H groups in total. The second-order valence-corrected chi connectivity index (χ2v) is 7.29. The van der Waals surface area contributed by atoms with Gasteiger partial charge in [-0.25, -0.2) is 4.98 Å². The Morgan fingerprint density at radius 1 is 1.19 bits per heavy atom. The Hall–Kier alpha value is -2.89. The number of methoxy groups -OCH3 is 1. The highest BCUT2D eigenvalue weighted by molar-refractivity contribution is 5.96. The summed E-state index contributed by atoms with van der Waals surface area (Å²) in [6, 6.07) is 13.4. The van der Waals surface area contributed by atoms with Crippen LogP contribution in [0.2, 0.25) is 0 Å². The molecule has 2 fully saturated rings. The third-order valence-electron chi connectivity index (χ3n) is 5.70.